The summed E-state index contributed by atoms with van der Waals surface area (Å²) < 4.78 is 15.9. The molecule has 0 spiro atoms. The number of carbonyl (C=O) groups is 2. The first-order valence-electron chi connectivity index (χ1n) is 10.2. The molecule has 0 heterocycles. The molecule has 0 bridgehead atoms. The van der Waals surface area contributed by atoms with E-state index >= 15 is 0 Å². The van der Waals surface area contributed by atoms with Crippen molar-refractivity contribution in [3.63, 3.8) is 0 Å². The number of hydrogen-bond acceptors (Lipinski definition) is 6. The minimum Gasteiger partial charge on any atom is -0.494 e. The second-order valence-corrected chi connectivity index (χ2v) is 6.49. The van der Waals surface area contributed by atoms with Crippen molar-refractivity contribution in [2.24, 2.45) is 0 Å². The van der Waals surface area contributed by atoms with Crippen LogP contribution in [0.5, 0.6) is 11.5 Å². The number of carbonyl (C=O) groups excluding carboxylic acids is 2. The maximum atomic E-state index is 12.6. The van der Waals surface area contributed by atoms with E-state index in [-0.39, 0.29) is 13.0 Å². The molecular weight excluding hydrogens is 408 g/mol. The van der Waals surface area contributed by atoms with Crippen LogP contribution in [-0.2, 0) is 14.3 Å². The van der Waals surface area contributed by atoms with E-state index in [9.17, 15) is 9.59 Å². The molecule has 0 saturated heterocycles. The van der Waals surface area contributed by atoms with Crippen molar-refractivity contribution in [2.75, 3.05) is 31.3 Å². The van der Waals surface area contributed by atoms with Gasteiger partial charge in [-0.05, 0) is 55.0 Å². The first kappa shape index (κ1) is 24.2. The number of amides is 1. The Morgan fingerprint density at radius 3 is 2.34 bits per heavy atom. The van der Waals surface area contributed by atoms with Gasteiger partial charge in [0.15, 0.2) is 6.61 Å². The Morgan fingerprint density at radius 2 is 1.72 bits per heavy atom. The molecule has 0 aliphatic heterocycles. The number of rotatable bonds is 12. The molecule has 0 fully saturated rings. The van der Waals surface area contributed by atoms with E-state index in [1.807, 2.05) is 13.0 Å². The Bertz CT molecular complexity index is 959. The zero-order chi connectivity index (χ0) is 23.2. The second kappa shape index (κ2) is 13.3. The van der Waals surface area contributed by atoms with Gasteiger partial charge < -0.3 is 19.1 Å². The summed E-state index contributed by atoms with van der Waals surface area (Å²) >= 11 is 0. The molecule has 0 radical (unpaired) electrons. The lowest BCUT2D eigenvalue weighted by molar-refractivity contribution is -0.142. The third-order valence-corrected chi connectivity index (χ3v) is 4.21. The van der Waals surface area contributed by atoms with E-state index < -0.39 is 18.5 Å². The number of nitriles is 1. The maximum Gasteiger partial charge on any atom is 0.331 e. The summed E-state index contributed by atoms with van der Waals surface area (Å²) in [5, 5.41) is 8.90. The molecule has 166 valence electrons. The Hall–Kier alpha value is -4.05. The van der Waals surface area contributed by atoms with Gasteiger partial charge in [0.2, 0.25) is 0 Å². The Kier molecular flexibility index (Phi) is 10.1. The van der Waals surface area contributed by atoms with Crippen LogP contribution in [0.15, 0.2) is 67.3 Å². The van der Waals surface area contributed by atoms with Crippen molar-refractivity contribution in [1.82, 2.24) is 0 Å². The highest BCUT2D eigenvalue weighted by Crippen LogP contribution is 2.20. The zero-order valence-electron chi connectivity index (χ0n) is 18.0. The van der Waals surface area contributed by atoms with Crippen molar-refractivity contribution in [1.29, 1.82) is 5.26 Å². The summed E-state index contributed by atoms with van der Waals surface area (Å²) in [5.41, 5.74) is 1.38. The SMILES string of the molecule is C=CCOc1ccc(/C=C/C(=O)OCC(=O)N(CCC#N)c2ccc(OCC)cc2)cc1. The molecule has 2 aromatic rings. The number of anilines is 1. The summed E-state index contributed by atoms with van der Waals surface area (Å²) in [6, 6.07) is 16.1. The molecule has 0 unspecified atom stereocenters. The molecule has 1 amide bonds. The topological polar surface area (TPSA) is 88.9 Å². The molecular formula is C25H26N2O5. The molecule has 2 aromatic carbocycles. The summed E-state index contributed by atoms with van der Waals surface area (Å²) in [4.78, 5) is 26.1. The third-order valence-electron chi connectivity index (χ3n) is 4.21. The lowest BCUT2D eigenvalue weighted by Crippen LogP contribution is -2.35. The van der Waals surface area contributed by atoms with Crippen molar-refractivity contribution in [2.45, 2.75) is 13.3 Å². The average Bonchev–Trinajstić information content (AvgIpc) is 2.82. The Labute approximate surface area is 188 Å². The summed E-state index contributed by atoms with van der Waals surface area (Å²) in [5.74, 6) is 0.315. The highest BCUT2D eigenvalue weighted by atomic mass is 16.5. The van der Waals surface area contributed by atoms with Crippen LogP contribution in [0.25, 0.3) is 6.08 Å². The second-order valence-electron chi connectivity index (χ2n) is 6.49. The van der Waals surface area contributed by atoms with Gasteiger partial charge in [0, 0.05) is 18.3 Å². The van der Waals surface area contributed by atoms with E-state index in [0.29, 0.717) is 30.4 Å². The lowest BCUT2D eigenvalue weighted by atomic mass is 10.2. The number of nitrogens with zero attached hydrogens (tertiary/aromatic N) is 2. The van der Waals surface area contributed by atoms with Crippen LogP contribution in [0.4, 0.5) is 5.69 Å². The van der Waals surface area contributed by atoms with Crippen molar-refractivity contribution < 1.29 is 23.8 Å². The molecule has 32 heavy (non-hydrogen) atoms. The van der Waals surface area contributed by atoms with Crippen LogP contribution < -0.4 is 14.4 Å². The van der Waals surface area contributed by atoms with Gasteiger partial charge in [-0.15, -0.1) is 0 Å². The van der Waals surface area contributed by atoms with E-state index in [1.165, 1.54) is 11.0 Å². The summed E-state index contributed by atoms with van der Waals surface area (Å²) in [6.45, 7) is 6.18. The number of hydrogen-bond donors (Lipinski definition) is 0. The fourth-order valence-electron chi connectivity index (χ4n) is 2.70. The normalized spacial score (nSPS) is 10.2. The van der Waals surface area contributed by atoms with Crippen molar-refractivity contribution >= 4 is 23.6 Å². The fraction of sp³-hybridized carbons (Fsp3) is 0.240. The van der Waals surface area contributed by atoms with Gasteiger partial charge in [-0.25, -0.2) is 4.79 Å². The van der Waals surface area contributed by atoms with Crippen LogP contribution in [0.3, 0.4) is 0 Å². The van der Waals surface area contributed by atoms with Crippen molar-refractivity contribution in [3.8, 4) is 17.6 Å². The van der Waals surface area contributed by atoms with Crippen LogP contribution in [0.1, 0.15) is 18.9 Å². The number of ether oxygens (including phenoxy) is 3. The third kappa shape index (κ3) is 8.00. The molecule has 7 nitrogen and oxygen atoms in total. The zero-order valence-corrected chi connectivity index (χ0v) is 18.0. The van der Waals surface area contributed by atoms with E-state index in [1.54, 1.807) is 60.7 Å². The van der Waals surface area contributed by atoms with Gasteiger partial charge in [-0.2, -0.15) is 5.26 Å². The van der Waals surface area contributed by atoms with E-state index in [0.717, 1.165) is 5.56 Å². The van der Waals surface area contributed by atoms with E-state index in [2.05, 4.69) is 6.58 Å². The first-order chi connectivity index (χ1) is 15.6. The van der Waals surface area contributed by atoms with Crippen LogP contribution >= 0.6 is 0 Å². The van der Waals surface area contributed by atoms with Crippen molar-refractivity contribution in [3.05, 3.63) is 72.8 Å². The summed E-state index contributed by atoms with van der Waals surface area (Å²) in [7, 11) is 0. The monoisotopic (exact) mass is 434 g/mol. The largest absolute Gasteiger partial charge is 0.494 e. The maximum absolute atomic E-state index is 12.6. The molecule has 0 aliphatic carbocycles. The van der Waals surface area contributed by atoms with Crippen LogP contribution in [0.2, 0.25) is 0 Å². The molecule has 0 N–H and O–H groups in total. The average molecular weight is 434 g/mol. The highest BCUT2D eigenvalue weighted by Gasteiger charge is 2.17. The smallest absolute Gasteiger partial charge is 0.331 e. The van der Waals surface area contributed by atoms with Gasteiger partial charge >= 0.3 is 5.97 Å². The number of esters is 1. The van der Waals surface area contributed by atoms with Crippen LogP contribution in [0, 0.1) is 11.3 Å². The lowest BCUT2D eigenvalue weighted by Gasteiger charge is -2.21. The van der Waals surface area contributed by atoms with E-state index in [4.69, 9.17) is 19.5 Å². The first-order valence-corrected chi connectivity index (χ1v) is 10.2. The van der Waals surface area contributed by atoms with Gasteiger partial charge in [0.25, 0.3) is 5.91 Å². The fourth-order valence-corrected chi connectivity index (χ4v) is 2.70. The van der Waals surface area contributed by atoms with Gasteiger partial charge in [-0.3, -0.25) is 4.79 Å². The molecule has 0 atom stereocenters. The van der Waals surface area contributed by atoms with Gasteiger partial charge in [0.1, 0.15) is 18.1 Å². The molecule has 0 saturated carbocycles. The quantitative estimate of drug-likeness (QED) is 0.283. The predicted octanol–water partition coefficient (Wildman–Crippen LogP) is 4.15. The minimum atomic E-state index is -0.641. The van der Waals surface area contributed by atoms with Gasteiger partial charge in [0.05, 0.1) is 19.1 Å². The summed E-state index contributed by atoms with van der Waals surface area (Å²) in [6.07, 6.45) is 4.65. The molecule has 0 aliphatic rings. The molecule has 7 heteroatoms. The van der Waals surface area contributed by atoms with Crippen LogP contribution in [-0.4, -0.2) is 38.2 Å². The van der Waals surface area contributed by atoms with Gasteiger partial charge in [-0.1, -0.05) is 24.8 Å². The number of benzene rings is 2. The molecule has 2 rings (SSSR count). The Morgan fingerprint density at radius 1 is 1.06 bits per heavy atom. The Balaban J connectivity index is 1.93. The predicted molar refractivity (Wildman–Crippen MR) is 122 cm³/mol. The standard InChI is InChI=1S/C25H26N2O5/c1-3-18-31-23-11-6-20(7-12-23)8-15-25(29)32-19-24(28)27(17-5-16-26)21-9-13-22(14-10-21)30-4-2/h3,6-15H,1,4-5,17-19H2,2H3/b15-8+. The minimum absolute atomic E-state index is 0.152. The highest BCUT2D eigenvalue weighted by molar-refractivity contribution is 5.96. The molecule has 0 aromatic heterocycles.